The van der Waals surface area contributed by atoms with Crippen LogP contribution in [-0.2, 0) is 11.3 Å². The molecule has 3 aliphatic rings. The van der Waals surface area contributed by atoms with Crippen molar-refractivity contribution in [2.45, 2.75) is 90.8 Å². The van der Waals surface area contributed by atoms with E-state index in [4.69, 9.17) is 15.9 Å². The molecule has 1 atom stereocenters. The van der Waals surface area contributed by atoms with E-state index in [2.05, 4.69) is 64.1 Å². The molecule has 4 aromatic rings. The number of likely N-dealkylation sites (tertiary alicyclic amines) is 1. The molecule has 1 unspecified atom stereocenters. The quantitative estimate of drug-likeness (QED) is 0.0710. The maximum Gasteiger partial charge on any atom is 0.320 e. The zero-order valence-electron chi connectivity index (χ0n) is 37.0. The summed E-state index contributed by atoms with van der Waals surface area (Å²) in [6.45, 7) is 15.1. The average Bonchev–Trinajstić information content (AvgIpc) is 3.30. The molecule has 330 valence electrons. The number of anilines is 3. The van der Waals surface area contributed by atoms with Crippen LogP contribution >= 0.6 is 0 Å². The van der Waals surface area contributed by atoms with Crippen LogP contribution in [0, 0.1) is 18.3 Å². The number of hydrogen-bond acceptors (Lipinski definition) is 10. The fourth-order valence-corrected chi connectivity index (χ4v) is 9.17. The highest BCUT2D eigenvalue weighted by atomic mass is 16.5. The number of nitrogens with two attached hydrogens (primary N) is 1. The minimum absolute atomic E-state index is 0.0888. The number of aryl methyl sites for hydroxylation is 1. The number of piperidine rings is 2. The number of rotatable bonds is 17. The van der Waals surface area contributed by atoms with Gasteiger partial charge in [0.15, 0.2) is 0 Å². The number of hydrogen-bond donors (Lipinski definition) is 3. The van der Waals surface area contributed by atoms with Crippen molar-refractivity contribution >= 4 is 35.5 Å². The summed E-state index contributed by atoms with van der Waals surface area (Å²) in [5.74, 6) is 2.95. The molecule has 1 aromatic heterocycles. The zero-order chi connectivity index (χ0) is 43.4. The molecule has 3 aliphatic heterocycles. The predicted octanol–water partition coefficient (Wildman–Crippen LogP) is 8.03. The highest BCUT2D eigenvalue weighted by Gasteiger charge is 2.30. The highest BCUT2D eigenvalue weighted by molar-refractivity contribution is 6.16. The second-order valence-electron chi connectivity index (χ2n) is 17.4. The number of carbonyl (C=O) groups is 2. The van der Waals surface area contributed by atoms with Gasteiger partial charge in [0.25, 0.3) is 0 Å². The van der Waals surface area contributed by atoms with E-state index in [-0.39, 0.29) is 29.6 Å². The van der Waals surface area contributed by atoms with Crippen molar-refractivity contribution in [2.75, 3.05) is 74.9 Å². The first-order valence-corrected chi connectivity index (χ1v) is 22.8. The van der Waals surface area contributed by atoms with Crippen LogP contribution in [0.5, 0.6) is 11.5 Å². The third-order valence-corrected chi connectivity index (χ3v) is 13.2. The monoisotopic (exact) mass is 843 g/mol. The smallest absolute Gasteiger partial charge is 0.320 e. The van der Waals surface area contributed by atoms with Gasteiger partial charge in [0, 0.05) is 82.2 Å². The lowest BCUT2D eigenvalue weighted by atomic mass is 9.91. The third kappa shape index (κ3) is 11.4. The largest absolute Gasteiger partial charge is 0.457 e. The Morgan fingerprint density at radius 2 is 1.61 bits per heavy atom. The SMILES string of the molecule is CCCC(C)N(C=O)Cc1cc(N2CCC(CCCN3CCN(C(=O)N4CCC(Nc5ncnc(N)c5C(=N)c5ccc(Oc6ccccc6)cc5)CC4)CC3)CC2)ccc1C. The lowest BCUT2D eigenvalue weighted by Gasteiger charge is -2.40. The molecule has 4 N–H and O–H groups in total. The van der Waals surface area contributed by atoms with Crippen molar-refractivity contribution in [3.8, 4) is 11.5 Å². The van der Waals surface area contributed by atoms with Crippen molar-refractivity contribution in [3.05, 3.63) is 101 Å². The Balaban J connectivity index is 0.804. The molecule has 13 nitrogen and oxygen atoms in total. The number of amides is 3. The number of benzene rings is 3. The summed E-state index contributed by atoms with van der Waals surface area (Å²) in [5, 5.41) is 12.6. The van der Waals surface area contributed by atoms with Crippen LogP contribution in [-0.4, -0.2) is 119 Å². The summed E-state index contributed by atoms with van der Waals surface area (Å²) in [5.41, 5.74) is 11.5. The summed E-state index contributed by atoms with van der Waals surface area (Å²) >= 11 is 0. The molecule has 3 aromatic carbocycles. The second kappa shape index (κ2) is 21.4. The van der Waals surface area contributed by atoms with Crippen molar-refractivity contribution in [2.24, 2.45) is 5.92 Å². The Bertz CT molecular complexity index is 2080. The molecule has 3 amide bonds. The van der Waals surface area contributed by atoms with Crippen LogP contribution < -0.4 is 20.7 Å². The Morgan fingerprint density at radius 1 is 0.919 bits per heavy atom. The maximum absolute atomic E-state index is 13.6. The lowest BCUT2D eigenvalue weighted by molar-refractivity contribution is -0.120. The van der Waals surface area contributed by atoms with Gasteiger partial charge < -0.3 is 35.4 Å². The van der Waals surface area contributed by atoms with E-state index >= 15 is 0 Å². The third-order valence-electron chi connectivity index (χ3n) is 13.2. The average molecular weight is 843 g/mol. The number of ether oxygens (including phenoxy) is 1. The zero-order valence-corrected chi connectivity index (χ0v) is 37.0. The van der Waals surface area contributed by atoms with Crippen LogP contribution in [0.25, 0.3) is 0 Å². The Hall–Kier alpha value is -5.69. The summed E-state index contributed by atoms with van der Waals surface area (Å²) in [6.07, 6.45) is 11.0. The van der Waals surface area contributed by atoms with E-state index in [0.717, 1.165) is 89.6 Å². The molecule has 0 aliphatic carbocycles. The molecule has 0 bridgehead atoms. The van der Waals surface area contributed by atoms with E-state index in [9.17, 15) is 9.59 Å². The van der Waals surface area contributed by atoms with E-state index in [1.54, 1.807) is 0 Å². The minimum Gasteiger partial charge on any atom is -0.457 e. The normalized spacial score (nSPS) is 17.1. The standard InChI is InChI=1S/C49H66N10O3/c1-4-9-37(3)59(35-60)33-40-32-42(16-13-36(40)2)56-24-19-38(20-25-56)10-8-23-55-28-30-58(31-29-55)49(61)57-26-21-41(22-27-57)54-48-45(47(51)52-34-53-48)46(50)39-14-17-44(18-15-39)62-43-11-6-5-7-12-43/h5-7,11-18,32,34-35,37-38,41,50H,4,8-10,19-31,33H2,1-3H3,(H3,51,52,53,54). The van der Waals surface area contributed by atoms with Crippen LogP contribution in [0.2, 0.25) is 0 Å². The highest BCUT2D eigenvalue weighted by Crippen LogP contribution is 2.30. The molecule has 4 heterocycles. The van der Waals surface area contributed by atoms with E-state index in [0.29, 0.717) is 42.3 Å². The number of aromatic nitrogens is 2. The first-order valence-electron chi connectivity index (χ1n) is 22.8. The van der Waals surface area contributed by atoms with E-state index < -0.39 is 0 Å². The van der Waals surface area contributed by atoms with Crippen LogP contribution in [0.15, 0.2) is 79.1 Å². The molecule has 3 saturated heterocycles. The van der Waals surface area contributed by atoms with Gasteiger partial charge in [-0.3, -0.25) is 15.1 Å². The molecular weight excluding hydrogens is 777 g/mol. The lowest BCUT2D eigenvalue weighted by Crippen LogP contribution is -2.54. The van der Waals surface area contributed by atoms with Gasteiger partial charge in [0.1, 0.15) is 29.5 Å². The summed E-state index contributed by atoms with van der Waals surface area (Å²) in [7, 11) is 0. The predicted molar refractivity (Wildman–Crippen MR) is 248 cm³/mol. The van der Waals surface area contributed by atoms with Crippen molar-refractivity contribution in [1.82, 2.24) is 29.6 Å². The number of nitrogens with zero attached hydrogens (tertiary/aromatic N) is 7. The minimum atomic E-state index is 0.0888. The molecule has 62 heavy (non-hydrogen) atoms. The van der Waals surface area contributed by atoms with E-state index in [1.165, 1.54) is 48.8 Å². The van der Waals surface area contributed by atoms with Gasteiger partial charge >= 0.3 is 6.03 Å². The summed E-state index contributed by atoms with van der Waals surface area (Å²) < 4.78 is 5.93. The second-order valence-corrected chi connectivity index (χ2v) is 17.4. The fraction of sp³-hybridized carbons (Fsp3) is 0.490. The van der Waals surface area contributed by atoms with Crippen LogP contribution in [0.4, 0.5) is 22.1 Å². The van der Waals surface area contributed by atoms with Gasteiger partial charge in [0.2, 0.25) is 6.41 Å². The molecule has 7 rings (SSSR count). The first kappa shape index (κ1) is 44.4. The van der Waals surface area contributed by atoms with Gasteiger partial charge in [-0.2, -0.15) is 0 Å². The number of carbonyl (C=O) groups excluding carboxylic acids is 2. The first-order chi connectivity index (χ1) is 30.2. The maximum atomic E-state index is 13.6. The number of para-hydroxylation sites is 1. The fourth-order valence-electron chi connectivity index (χ4n) is 9.17. The van der Waals surface area contributed by atoms with Crippen LogP contribution in [0.1, 0.15) is 87.5 Å². The van der Waals surface area contributed by atoms with Crippen molar-refractivity contribution < 1.29 is 14.3 Å². The summed E-state index contributed by atoms with van der Waals surface area (Å²) in [6, 6.07) is 24.2. The topological polar surface area (TPSA) is 147 Å². The molecule has 0 radical (unpaired) electrons. The molecule has 3 fully saturated rings. The van der Waals surface area contributed by atoms with Gasteiger partial charge in [-0.15, -0.1) is 0 Å². The Labute approximate surface area is 368 Å². The number of nitrogens with one attached hydrogen (secondary N) is 2. The van der Waals surface area contributed by atoms with Gasteiger partial charge in [0.05, 0.1) is 11.3 Å². The number of nitrogen functional groups attached to an aromatic ring is 1. The van der Waals surface area contributed by atoms with Crippen LogP contribution in [0.3, 0.4) is 0 Å². The van der Waals surface area contributed by atoms with Gasteiger partial charge in [-0.1, -0.05) is 37.6 Å². The molecule has 13 heteroatoms. The molecular formula is C49H66N10O3. The Kier molecular flexibility index (Phi) is 15.3. The summed E-state index contributed by atoms with van der Waals surface area (Å²) in [4.78, 5) is 45.2. The van der Waals surface area contributed by atoms with Crippen molar-refractivity contribution in [1.29, 1.82) is 5.41 Å². The van der Waals surface area contributed by atoms with Gasteiger partial charge in [-0.05, 0) is 131 Å². The van der Waals surface area contributed by atoms with Gasteiger partial charge in [-0.25, -0.2) is 14.8 Å². The number of urea groups is 1. The van der Waals surface area contributed by atoms with E-state index in [1.807, 2.05) is 69.3 Å². The Morgan fingerprint density at radius 3 is 2.31 bits per heavy atom. The molecule has 0 saturated carbocycles. The van der Waals surface area contributed by atoms with Crippen molar-refractivity contribution in [3.63, 3.8) is 0 Å². The number of piperazine rings is 1. The molecule has 0 spiro atoms.